The molecule has 1 unspecified atom stereocenters. The van der Waals surface area contributed by atoms with Gasteiger partial charge < -0.3 is 19.7 Å². The fraction of sp³-hybridized carbons (Fsp3) is 0.429. The Labute approximate surface area is 223 Å². The fourth-order valence-corrected chi connectivity index (χ4v) is 4.28. The number of benzene rings is 2. The maximum Gasteiger partial charge on any atom is 0.308 e. The Bertz CT molecular complexity index is 1050. The Kier molecular flexibility index (Phi) is 11.4. The first-order chi connectivity index (χ1) is 18.0. The maximum atomic E-state index is 12.8. The first-order valence-corrected chi connectivity index (χ1v) is 13.2. The van der Waals surface area contributed by atoms with Crippen molar-refractivity contribution in [2.75, 3.05) is 26.3 Å². The molecule has 0 bridgehead atoms. The lowest BCUT2D eigenvalue weighted by molar-refractivity contribution is -0.147. The first-order valence-electron chi connectivity index (χ1n) is 12.8. The van der Waals surface area contributed by atoms with Gasteiger partial charge in [0.15, 0.2) is 5.11 Å². The van der Waals surface area contributed by atoms with Gasteiger partial charge in [0.2, 0.25) is 5.91 Å². The van der Waals surface area contributed by atoms with E-state index in [2.05, 4.69) is 17.6 Å². The summed E-state index contributed by atoms with van der Waals surface area (Å²) in [6.07, 6.45) is 4.92. The highest BCUT2D eigenvalue weighted by molar-refractivity contribution is 7.80. The minimum Gasteiger partial charge on any atom is -0.494 e. The van der Waals surface area contributed by atoms with Gasteiger partial charge in [0.1, 0.15) is 11.8 Å². The van der Waals surface area contributed by atoms with Crippen molar-refractivity contribution in [3.8, 4) is 5.75 Å². The van der Waals surface area contributed by atoms with Crippen molar-refractivity contribution >= 4 is 35.1 Å². The SMILES string of the molecule is CCCCCCOc1ccc(C(=O)NC(=S)N2CCNC(=O)C2CC(=O)OCCc2ccccc2)cc1. The van der Waals surface area contributed by atoms with Crippen LogP contribution in [0.25, 0.3) is 0 Å². The summed E-state index contributed by atoms with van der Waals surface area (Å²) in [6, 6.07) is 15.7. The molecule has 1 aliphatic rings. The van der Waals surface area contributed by atoms with Crippen LogP contribution in [0.1, 0.15) is 54.9 Å². The van der Waals surface area contributed by atoms with Crippen molar-refractivity contribution in [3.63, 3.8) is 0 Å². The molecule has 8 nitrogen and oxygen atoms in total. The van der Waals surface area contributed by atoms with Gasteiger partial charge >= 0.3 is 5.97 Å². The Balaban J connectivity index is 1.49. The summed E-state index contributed by atoms with van der Waals surface area (Å²) in [5.74, 6) is -0.519. The smallest absolute Gasteiger partial charge is 0.308 e. The summed E-state index contributed by atoms with van der Waals surface area (Å²) >= 11 is 5.44. The molecular formula is C28H35N3O5S. The summed E-state index contributed by atoms with van der Waals surface area (Å²) in [5, 5.41) is 5.53. The lowest BCUT2D eigenvalue weighted by atomic mass is 10.1. The highest BCUT2D eigenvalue weighted by atomic mass is 32.1. The number of esters is 1. The van der Waals surface area contributed by atoms with Crippen molar-refractivity contribution in [2.45, 2.75) is 51.5 Å². The normalized spacial score (nSPS) is 15.0. The monoisotopic (exact) mass is 525 g/mol. The molecule has 0 aromatic heterocycles. The summed E-state index contributed by atoms with van der Waals surface area (Å²) in [7, 11) is 0. The van der Waals surface area contributed by atoms with E-state index in [1.54, 1.807) is 29.2 Å². The van der Waals surface area contributed by atoms with E-state index in [4.69, 9.17) is 21.7 Å². The number of hydrogen-bond donors (Lipinski definition) is 2. The largest absolute Gasteiger partial charge is 0.494 e. The van der Waals surface area contributed by atoms with Crippen LogP contribution in [0.2, 0.25) is 0 Å². The Hall–Kier alpha value is -3.46. The molecule has 2 aromatic rings. The van der Waals surface area contributed by atoms with E-state index in [0.717, 1.165) is 18.4 Å². The van der Waals surface area contributed by atoms with Crippen molar-refractivity contribution in [1.29, 1.82) is 0 Å². The number of amides is 2. The molecule has 0 aliphatic carbocycles. The van der Waals surface area contributed by atoms with Crippen molar-refractivity contribution in [3.05, 3.63) is 65.7 Å². The fourth-order valence-electron chi connectivity index (χ4n) is 3.97. The maximum absolute atomic E-state index is 12.8. The number of piperazine rings is 1. The number of rotatable bonds is 12. The van der Waals surface area contributed by atoms with Crippen LogP contribution < -0.4 is 15.4 Å². The van der Waals surface area contributed by atoms with Crippen LogP contribution in [-0.4, -0.2) is 60.1 Å². The summed E-state index contributed by atoms with van der Waals surface area (Å²) in [4.78, 5) is 39.3. The van der Waals surface area contributed by atoms with E-state index in [0.29, 0.717) is 37.4 Å². The third kappa shape index (κ3) is 9.17. The van der Waals surface area contributed by atoms with Gasteiger partial charge in [0.05, 0.1) is 19.6 Å². The molecule has 198 valence electrons. The molecule has 2 N–H and O–H groups in total. The van der Waals surface area contributed by atoms with Crippen molar-refractivity contribution < 1.29 is 23.9 Å². The van der Waals surface area contributed by atoms with Gasteiger partial charge in [-0.1, -0.05) is 56.5 Å². The number of thiocarbonyl (C=S) groups is 1. The molecule has 1 aliphatic heterocycles. The van der Waals surface area contributed by atoms with Crippen LogP contribution in [0.4, 0.5) is 0 Å². The van der Waals surface area contributed by atoms with Crippen LogP contribution in [0.15, 0.2) is 54.6 Å². The van der Waals surface area contributed by atoms with E-state index >= 15 is 0 Å². The van der Waals surface area contributed by atoms with Gasteiger partial charge in [0, 0.05) is 25.1 Å². The van der Waals surface area contributed by atoms with Gasteiger partial charge in [-0.3, -0.25) is 19.7 Å². The minimum atomic E-state index is -0.853. The van der Waals surface area contributed by atoms with E-state index < -0.39 is 17.9 Å². The first kappa shape index (κ1) is 28.1. The standard InChI is InChI=1S/C28H35N3O5S/c1-2-3-4-8-18-35-23-13-11-22(12-14-23)26(33)30-28(37)31-17-16-29-27(34)24(31)20-25(32)36-19-15-21-9-6-5-7-10-21/h5-7,9-14,24H,2-4,8,15-20H2,1H3,(H,29,34)(H,30,33,37). The van der Waals surface area contributed by atoms with Gasteiger partial charge in [-0.2, -0.15) is 0 Å². The lowest BCUT2D eigenvalue weighted by Crippen LogP contribution is -2.60. The molecule has 2 amide bonds. The summed E-state index contributed by atoms with van der Waals surface area (Å²) < 4.78 is 11.1. The number of carbonyl (C=O) groups is 3. The lowest BCUT2D eigenvalue weighted by Gasteiger charge is -2.36. The number of hydrogen-bond acceptors (Lipinski definition) is 6. The highest BCUT2D eigenvalue weighted by Crippen LogP contribution is 2.15. The van der Waals surface area contributed by atoms with Crippen LogP contribution >= 0.6 is 12.2 Å². The Morgan fingerprint density at radius 1 is 1.05 bits per heavy atom. The van der Waals surface area contributed by atoms with Gasteiger partial charge in [-0.25, -0.2) is 0 Å². The van der Waals surface area contributed by atoms with E-state index in [1.165, 1.54) is 12.8 Å². The molecule has 0 spiro atoms. The average molecular weight is 526 g/mol. The summed E-state index contributed by atoms with van der Waals surface area (Å²) in [6.45, 7) is 3.76. The average Bonchev–Trinajstić information content (AvgIpc) is 2.90. The van der Waals surface area contributed by atoms with E-state index in [9.17, 15) is 14.4 Å². The number of unbranched alkanes of at least 4 members (excludes halogenated alkanes) is 3. The summed E-state index contributed by atoms with van der Waals surface area (Å²) in [5.41, 5.74) is 1.47. The Morgan fingerprint density at radius 2 is 1.81 bits per heavy atom. The van der Waals surface area contributed by atoms with Gasteiger partial charge in [0.25, 0.3) is 5.91 Å². The number of nitrogens with zero attached hydrogens (tertiary/aromatic N) is 1. The topological polar surface area (TPSA) is 97.0 Å². The predicted octanol–water partition coefficient (Wildman–Crippen LogP) is 3.64. The molecule has 37 heavy (non-hydrogen) atoms. The number of carbonyl (C=O) groups excluding carboxylic acids is 3. The van der Waals surface area contributed by atoms with Gasteiger partial charge in [-0.15, -0.1) is 0 Å². The third-order valence-corrected chi connectivity index (χ3v) is 6.39. The van der Waals surface area contributed by atoms with Crippen LogP contribution in [0.3, 0.4) is 0 Å². The molecule has 1 atom stereocenters. The number of ether oxygens (including phenoxy) is 2. The molecule has 1 heterocycles. The second-order valence-corrected chi connectivity index (χ2v) is 9.24. The molecule has 0 radical (unpaired) electrons. The molecule has 1 saturated heterocycles. The van der Waals surface area contributed by atoms with Crippen LogP contribution in [-0.2, 0) is 20.7 Å². The minimum absolute atomic E-state index is 0.0955. The zero-order chi connectivity index (χ0) is 26.5. The second-order valence-electron chi connectivity index (χ2n) is 8.85. The van der Waals surface area contributed by atoms with Crippen molar-refractivity contribution in [1.82, 2.24) is 15.5 Å². The molecule has 1 fully saturated rings. The van der Waals surface area contributed by atoms with Crippen LogP contribution in [0, 0.1) is 0 Å². The molecule has 9 heteroatoms. The molecule has 0 saturated carbocycles. The van der Waals surface area contributed by atoms with E-state index in [1.807, 2.05) is 30.3 Å². The molecule has 2 aromatic carbocycles. The molecule has 3 rings (SSSR count). The van der Waals surface area contributed by atoms with Crippen molar-refractivity contribution in [2.24, 2.45) is 0 Å². The second kappa shape index (κ2) is 14.9. The number of nitrogens with one attached hydrogen (secondary N) is 2. The Morgan fingerprint density at radius 3 is 2.54 bits per heavy atom. The molecular weight excluding hydrogens is 490 g/mol. The predicted molar refractivity (Wildman–Crippen MR) is 145 cm³/mol. The highest BCUT2D eigenvalue weighted by Gasteiger charge is 2.34. The van der Waals surface area contributed by atoms with Gasteiger partial charge in [-0.05, 0) is 48.5 Å². The third-order valence-electron chi connectivity index (χ3n) is 6.05. The zero-order valence-corrected chi connectivity index (χ0v) is 22.1. The quantitative estimate of drug-likeness (QED) is 0.248. The van der Waals surface area contributed by atoms with Crippen LogP contribution in [0.5, 0.6) is 5.75 Å². The zero-order valence-electron chi connectivity index (χ0n) is 21.2. The van der Waals surface area contributed by atoms with E-state index in [-0.39, 0.29) is 24.0 Å².